The third-order valence-corrected chi connectivity index (χ3v) is 4.15. The van der Waals surface area contributed by atoms with Gasteiger partial charge in [0.2, 0.25) is 0 Å². The summed E-state index contributed by atoms with van der Waals surface area (Å²) in [6, 6.07) is -0.185. The van der Waals surface area contributed by atoms with Gasteiger partial charge in [-0.2, -0.15) is 0 Å². The van der Waals surface area contributed by atoms with Crippen molar-refractivity contribution in [3.05, 3.63) is 0 Å². The number of hydrogen-bond acceptors (Lipinski definition) is 2. The quantitative estimate of drug-likeness (QED) is 0.784. The van der Waals surface area contributed by atoms with E-state index in [0.29, 0.717) is 19.4 Å². The minimum Gasteiger partial charge on any atom is -0.481 e. The molecular formula is C16H30N2O3. The molecule has 5 nitrogen and oxygen atoms in total. The first-order valence-electron chi connectivity index (χ1n) is 7.89. The number of urea groups is 1. The van der Waals surface area contributed by atoms with Crippen molar-refractivity contribution in [2.24, 2.45) is 10.8 Å². The molecule has 1 aliphatic carbocycles. The highest BCUT2D eigenvalue weighted by molar-refractivity contribution is 5.78. The number of hydrogen-bond donors (Lipinski definition) is 2. The number of nitrogens with one attached hydrogen (secondary N) is 1. The average Bonchev–Trinajstić information content (AvgIpc) is 2.60. The Hall–Kier alpha value is -1.26. The lowest BCUT2D eigenvalue weighted by Gasteiger charge is -2.31. The number of aliphatic carboxylic acids is 1. The number of amides is 2. The maximum Gasteiger partial charge on any atom is 0.317 e. The fourth-order valence-electron chi connectivity index (χ4n) is 3.03. The molecule has 0 aromatic heterocycles. The molecule has 1 rings (SSSR count). The molecule has 0 radical (unpaired) electrons. The van der Waals surface area contributed by atoms with E-state index in [1.165, 1.54) is 0 Å². The third kappa shape index (κ3) is 5.56. The van der Waals surface area contributed by atoms with Crippen LogP contribution in [0.5, 0.6) is 0 Å². The zero-order valence-electron chi connectivity index (χ0n) is 13.9. The summed E-state index contributed by atoms with van der Waals surface area (Å²) in [6.45, 7) is 7.08. The molecule has 5 heteroatoms. The Morgan fingerprint density at radius 1 is 1.14 bits per heavy atom. The maximum absolute atomic E-state index is 12.1. The van der Waals surface area contributed by atoms with Gasteiger partial charge in [0.15, 0.2) is 0 Å². The summed E-state index contributed by atoms with van der Waals surface area (Å²) in [6.07, 6.45) is 5.36. The summed E-state index contributed by atoms with van der Waals surface area (Å²) in [5.41, 5.74) is -0.756. The Labute approximate surface area is 128 Å². The topological polar surface area (TPSA) is 69.6 Å². The van der Waals surface area contributed by atoms with E-state index >= 15 is 0 Å². The summed E-state index contributed by atoms with van der Waals surface area (Å²) < 4.78 is 0. The Kier molecular flexibility index (Phi) is 6.05. The summed E-state index contributed by atoms with van der Waals surface area (Å²) in [4.78, 5) is 25.4. The number of carboxylic acids is 1. The van der Waals surface area contributed by atoms with Gasteiger partial charge in [-0.1, -0.05) is 46.5 Å². The van der Waals surface area contributed by atoms with Gasteiger partial charge in [0.05, 0.1) is 5.41 Å². The minimum atomic E-state index is -0.783. The highest BCUT2D eigenvalue weighted by atomic mass is 16.4. The highest BCUT2D eigenvalue weighted by Gasteiger charge is 2.39. The smallest absolute Gasteiger partial charge is 0.317 e. The zero-order valence-corrected chi connectivity index (χ0v) is 13.9. The summed E-state index contributed by atoms with van der Waals surface area (Å²) in [7, 11) is 1.75. The van der Waals surface area contributed by atoms with Crippen LogP contribution in [-0.2, 0) is 4.79 Å². The summed E-state index contributed by atoms with van der Waals surface area (Å²) in [5.74, 6) is -0.775. The van der Waals surface area contributed by atoms with Crippen molar-refractivity contribution in [1.29, 1.82) is 0 Å². The molecule has 1 saturated carbocycles. The fourth-order valence-corrected chi connectivity index (χ4v) is 3.03. The van der Waals surface area contributed by atoms with E-state index in [-0.39, 0.29) is 18.0 Å². The van der Waals surface area contributed by atoms with Crippen LogP contribution in [0.4, 0.5) is 4.79 Å². The van der Waals surface area contributed by atoms with Crippen molar-refractivity contribution >= 4 is 12.0 Å². The van der Waals surface area contributed by atoms with E-state index in [4.69, 9.17) is 0 Å². The number of nitrogens with zero attached hydrogens (tertiary/aromatic N) is 1. The zero-order chi connectivity index (χ0) is 16.1. The van der Waals surface area contributed by atoms with Crippen LogP contribution in [-0.4, -0.2) is 42.1 Å². The third-order valence-electron chi connectivity index (χ3n) is 4.15. The highest BCUT2D eigenvalue weighted by Crippen LogP contribution is 2.34. The standard InChI is InChI=1S/C16H30N2O3/c1-15(2,3)12-18(4)14(21)17-11-16(13(19)20)9-7-5-6-8-10-16/h5-12H2,1-4H3,(H,17,21)(H,19,20). The predicted molar refractivity (Wildman–Crippen MR) is 83.3 cm³/mol. The van der Waals surface area contributed by atoms with Gasteiger partial charge in [-0.05, 0) is 18.3 Å². The van der Waals surface area contributed by atoms with E-state index in [0.717, 1.165) is 25.7 Å². The maximum atomic E-state index is 12.1. The average molecular weight is 298 g/mol. The van der Waals surface area contributed by atoms with Crippen LogP contribution in [0.25, 0.3) is 0 Å². The van der Waals surface area contributed by atoms with E-state index in [1.807, 2.05) is 0 Å². The number of carbonyl (C=O) groups is 2. The minimum absolute atomic E-state index is 0.0267. The molecule has 122 valence electrons. The Morgan fingerprint density at radius 2 is 1.67 bits per heavy atom. The largest absolute Gasteiger partial charge is 0.481 e. The van der Waals surface area contributed by atoms with Crippen LogP contribution in [0.15, 0.2) is 0 Å². The Balaban J connectivity index is 2.61. The molecule has 2 N–H and O–H groups in total. The monoisotopic (exact) mass is 298 g/mol. The van der Waals surface area contributed by atoms with Crippen LogP contribution in [0.3, 0.4) is 0 Å². The number of carboxylic acid groups (broad SMARTS) is 1. The van der Waals surface area contributed by atoms with Crippen molar-refractivity contribution in [1.82, 2.24) is 10.2 Å². The molecule has 0 atom stereocenters. The van der Waals surface area contributed by atoms with Crippen LogP contribution in [0, 0.1) is 10.8 Å². The van der Waals surface area contributed by atoms with E-state index in [2.05, 4.69) is 26.1 Å². The second kappa shape index (κ2) is 7.14. The molecule has 21 heavy (non-hydrogen) atoms. The van der Waals surface area contributed by atoms with E-state index in [1.54, 1.807) is 11.9 Å². The molecule has 0 aromatic rings. The first kappa shape index (κ1) is 17.8. The molecule has 1 aliphatic rings. The number of rotatable bonds is 4. The van der Waals surface area contributed by atoms with Crippen LogP contribution in [0.1, 0.15) is 59.3 Å². The normalized spacial score (nSPS) is 18.7. The lowest BCUT2D eigenvalue weighted by Crippen LogP contribution is -2.48. The molecule has 0 saturated heterocycles. The lowest BCUT2D eigenvalue weighted by atomic mass is 9.80. The van der Waals surface area contributed by atoms with Gasteiger partial charge in [-0.3, -0.25) is 4.79 Å². The summed E-state index contributed by atoms with van der Waals surface area (Å²) in [5, 5.41) is 12.4. The van der Waals surface area contributed by atoms with Gasteiger partial charge in [-0.15, -0.1) is 0 Å². The molecule has 1 fully saturated rings. The number of carbonyl (C=O) groups excluding carboxylic acids is 1. The first-order chi connectivity index (χ1) is 9.66. The predicted octanol–water partition coefficient (Wildman–Crippen LogP) is 3.10. The molecule has 0 unspecified atom stereocenters. The Bertz CT molecular complexity index is 366. The Morgan fingerprint density at radius 3 is 2.10 bits per heavy atom. The second-order valence-corrected chi connectivity index (χ2v) is 7.58. The van der Waals surface area contributed by atoms with E-state index < -0.39 is 11.4 Å². The summed E-state index contributed by atoms with van der Waals surface area (Å²) >= 11 is 0. The second-order valence-electron chi connectivity index (χ2n) is 7.58. The molecule has 0 aliphatic heterocycles. The van der Waals surface area contributed by atoms with Crippen LogP contribution < -0.4 is 5.32 Å². The van der Waals surface area contributed by atoms with Crippen LogP contribution >= 0.6 is 0 Å². The molecule has 0 aromatic carbocycles. The van der Waals surface area contributed by atoms with E-state index in [9.17, 15) is 14.7 Å². The lowest BCUT2D eigenvalue weighted by molar-refractivity contribution is -0.149. The SMILES string of the molecule is CN(CC(C)(C)C)C(=O)NCC1(C(=O)O)CCCCCC1. The first-order valence-corrected chi connectivity index (χ1v) is 7.89. The van der Waals surface area contributed by atoms with Gasteiger partial charge in [0.25, 0.3) is 0 Å². The van der Waals surface area contributed by atoms with Crippen molar-refractivity contribution in [2.75, 3.05) is 20.1 Å². The van der Waals surface area contributed by atoms with Crippen molar-refractivity contribution in [3.63, 3.8) is 0 Å². The van der Waals surface area contributed by atoms with Gasteiger partial charge in [0, 0.05) is 20.1 Å². The van der Waals surface area contributed by atoms with Crippen molar-refractivity contribution < 1.29 is 14.7 Å². The van der Waals surface area contributed by atoms with Crippen molar-refractivity contribution in [2.45, 2.75) is 59.3 Å². The molecule has 0 bridgehead atoms. The van der Waals surface area contributed by atoms with Gasteiger partial charge in [-0.25, -0.2) is 4.79 Å². The van der Waals surface area contributed by atoms with Gasteiger partial charge in [0.1, 0.15) is 0 Å². The molecular weight excluding hydrogens is 268 g/mol. The van der Waals surface area contributed by atoms with Crippen molar-refractivity contribution in [3.8, 4) is 0 Å². The van der Waals surface area contributed by atoms with Crippen LogP contribution in [0.2, 0.25) is 0 Å². The van der Waals surface area contributed by atoms with Gasteiger partial charge >= 0.3 is 12.0 Å². The molecule has 0 heterocycles. The van der Waals surface area contributed by atoms with Gasteiger partial charge < -0.3 is 15.3 Å². The molecule has 2 amide bonds. The molecule has 0 spiro atoms. The fraction of sp³-hybridized carbons (Fsp3) is 0.875.